The molecule has 0 aliphatic heterocycles. The molecule has 0 aliphatic carbocycles. The number of anilines is 1. The maximum atomic E-state index is 12.2. The van der Waals surface area contributed by atoms with Crippen LogP contribution in [0, 0.1) is 0 Å². The van der Waals surface area contributed by atoms with Gasteiger partial charge >= 0.3 is 5.97 Å². The average Bonchev–Trinajstić information content (AvgIpc) is 3.12. The van der Waals surface area contributed by atoms with Gasteiger partial charge in [-0.25, -0.2) is 0 Å². The van der Waals surface area contributed by atoms with E-state index in [2.05, 4.69) is 4.42 Å². The Morgan fingerprint density at radius 2 is 1.64 bits per heavy atom. The minimum Gasteiger partial charge on any atom is -0.481 e. The SMILES string of the molecule is CC(C(=O)O)c1cccc(C(=O)c2ccccc2)c1.Nc1ccco1. The standard InChI is InChI=1S/C16H14O3.C4H5NO/c1-11(16(18)19)13-8-5-9-14(10-13)15(17)12-6-3-2-4-7-12;5-4-2-1-3-6-4/h2-11H,1H3,(H,18,19);1-3H,5H2. The van der Waals surface area contributed by atoms with Crippen molar-refractivity contribution in [3.63, 3.8) is 0 Å². The number of furan rings is 1. The second-order valence-corrected chi connectivity index (χ2v) is 5.40. The largest absolute Gasteiger partial charge is 0.481 e. The summed E-state index contributed by atoms with van der Waals surface area (Å²) in [6.45, 7) is 1.61. The third-order valence-electron chi connectivity index (χ3n) is 3.60. The van der Waals surface area contributed by atoms with Crippen LogP contribution in [0.3, 0.4) is 0 Å². The van der Waals surface area contributed by atoms with Gasteiger partial charge in [-0.2, -0.15) is 0 Å². The summed E-state index contributed by atoms with van der Waals surface area (Å²) >= 11 is 0. The molecule has 0 amide bonds. The quantitative estimate of drug-likeness (QED) is 0.703. The predicted molar refractivity (Wildman–Crippen MR) is 95.5 cm³/mol. The number of carbonyl (C=O) groups is 2. The lowest BCUT2D eigenvalue weighted by Crippen LogP contribution is -2.09. The monoisotopic (exact) mass is 337 g/mol. The van der Waals surface area contributed by atoms with Gasteiger partial charge < -0.3 is 15.3 Å². The normalized spacial score (nSPS) is 11.1. The van der Waals surface area contributed by atoms with Gasteiger partial charge in [-0.3, -0.25) is 9.59 Å². The summed E-state index contributed by atoms with van der Waals surface area (Å²) in [5.74, 6) is -1.15. The van der Waals surface area contributed by atoms with Crippen molar-refractivity contribution in [2.45, 2.75) is 12.8 Å². The van der Waals surface area contributed by atoms with E-state index in [9.17, 15) is 9.59 Å². The number of rotatable bonds is 4. The van der Waals surface area contributed by atoms with Gasteiger partial charge in [0.1, 0.15) is 0 Å². The Labute approximate surface area is 145 Å². The van der Waals surface area contributed by atoms with Crippen LogP contribution in [0.15, 0.2) is 77.4 Å². The number of hydrogen-bond donors (Lipinski definition) is 2. The van der Waals surface area contributed by atoms with Crippen molar-refractivity contribution in [3.05, 3.63) is 89.7 Å². The van der Waals surface area contributed by atoms with Gasteiger partial charge in [0, 0.05) is 17.2 Å². The molecular formula is C20H19NO4. The van der Waals surface area contributed by atoms with E-state index in [4.69, 9.17) is 10.8 Å². The highest BCUT2D eigenvalue weighted by atomic mass is 16.4. The molecule has 2 aromatic carbocycles. The Morgan fingerprint density at radius 3 is 2.16 bits per heavy atom. The zero-order chi connectivity index (χ0) is 18.2. The molecule has 0 saturated heterocycles. The summed E-state index contributed by atoms with van der Waals surface area (Å²) in [6.07, 6.45) is 1.54. The number of nitrogen functional groups attached to an aromatic ring is 1. The van der Waals surface area contributed by atoms with E-state index in [0.29, 0.717) is 22.6 Å². The molecule has 25 heavy (non-hydrogen) atoms. The molecule has 1 aromatic heterocycles. The van der Waals surface area contributed by atoms with E-state index in [1.807, 2.05) is 6.07 Å². The van der Waals surface area contributed by atoms with E-state index in [1.165, 1.54) is 6.26 Å². The first-order chi connectivity index (χ1) is 12.0. The Hall–Kier alpha value is -3.34. The second kappa shape index (κ2) is 8.49. The molecule has 0 radical (unpaired) electrons. The molecular weight excluding hydrogens is 318 g/mol. The van der Waals surface area contributed by atoms with E-state index in [0.717, 1.165) is 0 Å². The number of hydrogen-bond acceptors (Lipinski definition) is 4. The van der Waals surface area contributed by atoms with E-state index >= 15 is 0 Å². The minimum absolute atomic E-state index is 0.0972. The first-order valence-electron chi connectivity index (χ1n) is 7.70. The molecule has 0 bridgehead atoms. The van der Waals surface area contributed by atoms with Crippen molar-refractivity contribution in [2.24, 2.45) is 0 Å². The summed E-state index contributed by atoms with van der Waals surface area (Å²) in [6, 6.07) is 19.2. The fraction of sp³-hybridized carbons (Fsp3) is 0.100. The number of carbonyl (C=O) groups excluding carboxylic acids is 1. The first kappa shape index (κ1) is 18.0. The summed E-state index contributed by atoms with van der Waals surface area (Å²) in [5, 5.41) is 9.00. The lowest BCUT2D eigenvalue weighted by atomic mass is 9.96. The van der Waals surface area contributed by atoms with Gasteiger partial charge in [0.05, 0.1) is 12.2 Å². The third-order valence-corrected chi connectivity index (χ3v) is 3.60. The fourth-order valence-corrected chi connectivity index (χ4v) is 2.14. The molecule has 1 atom stereocenters. The highest BCUT2D eigenvalue weighted by Gasteiger charge is 2.16. The topological polar surface area (TPSA) is 93.5 Å². The molecule has 3 aromatic rings. The molecule has 5 heteroatoms. The van der Waals surface area contributed by atoms with E-state index in [-0.39, 0.29) is 5.78 Å². The van der Waals surface area contributed by atoms with Crippen LogP contribution in [0.1, 0.15) is 34.3 Å². The van der Waals surface area contributed by atoms with Gasteiger partial charge in [0.25, 0.3) is 0 Å². The molecule has 3 rings (SSSR count). The van der Waals surface area contributed by atoms with Crippen molar-refractivity contribution in [1.29, 1.82) is 0 Å². The number of benzene rings is 2. The molecule has 0 aliphatic rings. The van der Waals surface area contributed by atoms with Crippen LogP contribution >= 0.6 is 0 Å². The van der Waals surface area contributed by atoms with Crippen molar-refractivity contribution >= 4 is 17.6 Å². The van der Waals surface area contributed by atoms with Crippen LogP contribution in [0.5, 0.6) is 0 Å². The Bertz CT molecular complexity index is 826. The molecule has 0 saturated carbocycles. The molecule has 0 spiro atoms. The van der Waals surface area contributed by atoms with Gasteiger partial charge in [-0.05, 0) is 24.6 Å². The highest BCUT2D eigenvalue weighted by molar-refractivity contribution is 6.09. The third kappa shape index (κ3) is 5.07. The van der Waals surface area contributed by atoms with Crippen molar-refractivity contribution in [1.82, 2.24) is 0 Å². The molecule has 1 unspecified atom stereocenters. The molecule has 128 valence electrons. The summed E-state index contributed by atoms with van der Waals surface area (Å²) in [4.78, 5) is 23.2. The Kier molecular flexibility index (Phi) is 6.12. The van der Waals surface area contributed by atoms with Crippen LogP contribution in [0.25, 0.3) is 0 Å². The van der Waals surface area contributed by atoms with Crippen LogP contribution in [0.4, 0.5) is 5.88 Å². The minimum atomic E-state index is -0.899. The van der Waals surface area contributed by atoms with Crippen LogP contribution in [-0.4, -0.2) is 16.9 Å². The highest BCUT2D eigenvalue weighted by Crippen LogP contribution is 2.18. The number of ketones is 1. The molecule has 1 heterocycles. The lowest BCUT2D eigenvalue weighted by molar-refractivity contribution is -0.138. The fourth-order valence-electron chi connectivity index (χ4n) is 2.14. The predicted octanol–water partition coefficient (Wildman–Crippen LogP) is 3.97. The lowest BCUT2D eigenvalue weighted by Gasteiger charge is -2.08. The summed E-state index contributed by atoms with van der Waals surface area (Å²) in [5.41, 5.74) is 6.86. The first-order valence-corrected chi connectivity index (χ1v) is 7.70. The number of carboxylic acids is 1. The van der Waals surface area contributed by atoms with Crippen LogP contribution in [0.2, 0.25) is 0 Å². The van der Waals surface area contributed by atoms with Gasteiger partial charge in [0.15, 0.2) is 11.7 Å². The number of carboxylic acid groups (broad SMARTS) is 1. The maximum absolute atomic E-state index is 12.2. The molecule has 3 N–H and O–H groups in total. The Morgan fingerprint density at radius 1 is 0.960 bits per heavy atom. The maximum Gasteiger partial charge on any atom is 0.310 e. The van der Waals surface area contributed by atoms with Crippen molar-refractivity contribution in [2.75, 3.05) is 5.73 Å². The van der Waals surface area contributed by atoms with Crippen molar-refractivity contribution < 1.29 is 19.1 Å². The van der Waals surface area contributed by atoms with E-state index in [1.54, 1.807) is 67.6 Å². The van der Waals surface area contributed by atoms with Crippen molar-refractivity contribution in [3.8, 4) is 0 Å². The zero-order valence-electron chi connectivity index (χ0n) is 13.8. The average molecular weight is 337 g/mol. The zero-order valence-corrected chi connectivity index (χ0v) is 13.8. The smallest absolute Gasteiger partial charge is 0.310 e. The van der Waals surface area contributed by atoms with Crippen LogP contribution < -0.4 is 5.73 Å². The number of aliphatic carboxylic acids is 1. The van der Waals surface area contributed by atoms with Gasteiger partial charge in [0.2, 0.25) is 0 Å². The summed E-state index contributed by atoms with van der Waals surface area (Å²) in [7, 11) is 0. The van der Waals surface area contributed by atoms with Gasteiger partial charge in [-0.1, -0.05) is 48.5 Å². The Balaban J connectivity index is 0.000000316. The van der Waals surface area contributed by atoms with Gasteiger partial charge in [-0.15, -0.1) is 0 Å². The van der Waals surface area contributed by atoms with E-state index < -0.39 is 11.9 Å². The molecule has 5 nitrogen and oxygen atoms in total. The van der Waals surface area contributed by atoms with Crippen LogP contribution in [-0.2, 0) is 4.79 Å². The number of nitrogens with two attached hydrogens (primary N) is 1. The second-order valence-electron chi connectivity index (χ2n) is 5.40. The molecule has 0 fully saturated rings. The summed E-state index contributed by atoms with van der Waals surface area (Å²) < 4.78 is 4.61.